The molecule has 0 bridgehead atoms. The lowest BCUT2D eigenvalue weighted by Gasteiger charge is -2.23. The van der Waals surface area contributed by atoms with Gasteiger partial charge in [-0.2, -0.15) is 0 Å². The van der Waals surface area contributed by atoms with Crippen molar-refractivity contribution in [2.45, 2.75) is 58.8 Å². The predicted molar refractivity (Wildman–Crippen MR) is 97.2 cm³/mol. The highest BCUT2D eigenvalue weighted by molar-refractivity contribution is 5.85. The first kappa shape index (κ1) is 21.0. The van der Waals surface area contributed by atoms with Crippen molar-refractivity contribution in [3.8, 4) is 0 Å². The van der Waals surface area contributed by atoms with Crippen molar-refractivity contribution < 1.29 is 19.1 Å². The van der Waals surface area contributed by atoms with Gasteiger partial charge < -0.3 is 20.1 Å². The molecule has 1 aromatic rings. The van der Waals surface area contributed by atoms with Crippen molar-refractivity contribution in [1.29, 1.82) is 0 Å². The third-order valence-electron chi connectivity index (χ3n) is 3.23. The molecule has 140 valence electrons. The van der Waals surface area contributed by atoms with Crippen LogP contribution in [0.15, 0.2) is 30.3 Å². The Hall–Kier alpha value is -2.08. The molecular weight excluding hydrogens is 320 g/mol. The summed E-state index contributed by atoms with van der Waals surface area (Å²) in [6.45, 7) is 8.38. The number of hydrogen-bond donors (Lipinski definition) is 2. The molecule has 0 saturated heterocycles. The number of carbonyl (C=O) groups is 2. The number of unbranched alkanes of at least 4 members (excludes halogenated alkanes) is 1. The molecule has 25 heavy (non-hydrogen) atoms. The molecule has 0 heterocycles. The molecular formula is C19H30N2O4. The minimum Gasteiger partial charge on any atom is -0.444 e. The molecule has 0 unspecified atom stereocenters. The van der Waals surface area contributed by atoms with Gasteiger partial charge in [0.1, 0.15) is 11.6 Å². The second kappa shape index (κ2) is 10.7. The van der Waals surface area contributed by atoms with Crippen molar-refractivity contribution in [3.05, 3.63) is 35.9 Å². The highest BCUT2D eigenvalue weighted by Crippen LogP contribution is 2.07. The molecule has 0 aromatic heterocycles. The third kappa shape index (κ3) is 9.72. The lowest BCUT2D eigenvalue weighted by molar-refractivity contribution is -0.124. The number of hydrogen-bond acceptors (Lipinski definition) is 4. The van der Waals surface area contributed by atoms with Gasteiger partial charge in [0.25, 0.3) is 0 Å². The monoisotopic (exact) mass is 350 g/mol. The van der Waals surface area contributed by atoms with E-state index in [0.29, 0.717) is 13.2 Å². The maximum Gasteiger partial charge on any atom is 0.408 e. The first-order chi connectivity index (χ1) is 11.8. The van der Waals surface area contributed by atoms with E-state index in [1.54, 1.807) is 20.8 Å². The topological polar surface area (TPSA) is 76.7 Å². The molecule has 1 atom stereocenters. The second-order valence-corrected chi connectivity index (χ2v) is 6.84. The van der Waals surface area contributed by atoms with Crippen LogP contribution < -0.4 is 10.6 Å². The van der Waals surface area contributed by atoms with Gasteiger partial charge in [0.05, 0.1) is 13.2 Å². The van der Waals surface area contributed by atoms with Gasteiger partial charge >= 0.3 is 6.09 Å². The Labute approximate surface area is 150 Å². The van der Waals surface area contributed by atoms with E-state index < -0.39 is 17.7 Å². The fourth-order valence-electron chi connectivity index (χ4n) is 2.01. The zero-order valence-corrected chi connectivity index (χ0v) is 15.6. The minimum atomic E-state index is -0.796. The number of carbonyl (C=O) groups excluding carboxylic acids is 2. The molecule has 0 spiro atoms. The van der Waals surface area contributed by atoms with E-state index in [1.807, 2.05) is 37.3 Å². The molecule has 0 radical (unpaired) electrons. The second-order valence-electron chi connectivity index (χ2n) is 6.84. The molecule has 1 rings (SSSR count). The molecule has 0 saturated carbocycles. The number of benzene rings is 1. The SMILES string of the molecule is CCCCNC(=O)[C@@H](COCc1ccccc1)NC(=O)OC(C)(C)C. The van der Waals surface area contributed by atoms with Crippen LogP contribution in [-0.4, -0.2) is 36.8 Å². The van der Waals surface area contributed by atoms with Gasteiger partial charge in [-0.1, -0.05) is 43.7 Å². The van der Waals surface area contributed by atoms with Gasteiger partial charge in [-0.25, -0.2) is 4.79 Å². The molecule has 0 aliphatic heterocycles. The summed E-state index contributed by atoms with van der Waals surface area (Å²) >= 11 is 0. The fraction of sp³-hybridized carbons (Fsp3) is 0.579. The summed E-state index contributed by atoms with van der Waals surface area (Å²) in [4.78, 5) is 24.3. The highest BCUT2D eigenvalue weighted by Gasteiger charge is 2.24. The van der Waals surface area contributed by atoms with Gasteiger partial charge in [-0.15, -0.1) is 0 Å². The Morgan fingerprint density at radius 2 is 1.84 bits per heavy atom. The lowest BCUT2D eigenvalue weighted by atomic mass is 10.2. The van der Waals surface area contributed by atoms with E-state index in [2.05, 4.69) is 10.6 Å². The van der Waals surface area contributed by atoms with Crippen LogP contribution in [0.1, 0.15) is 46.1 Å². The molecule has 1 aromatic carbocycles. The van der Waals surface area contributed by atoms with Crippen LogP contribution in [0.4, 0.5) is 4.79 Å². The van der Waals surface area contributed by atoms with E-state index in [1.165, 1.54) is 0 Å². The molecule has 2 amide bonds. The first-order valence-electron chi connectivity index (χ1n) is 8.70. The van der Waals surface area contributed by atoms with Crippen LogP contribution in [0.5, 0.6) is 0 Å². The summed E-state index contributed by atoms with van der Waals surface area (Å²) in [7, 11) is 0. The number of nitrogens with one attached hydrogen (secondary N) is 2. The number of amides is 2. The van der Waals surface area contributed by atoms with Crippen LogP contribution >= 0.6 is 0 Å². The van der Waals surface area contributed by atoms with Gasteiger partial charge in [0.2, 0.25) is 5.91 Å². The Morgan fingerprint density at radius 3 is 2.44 bits per heavy atom. The molecule has 6 heteroatoms. The minimum absolute atomic E-state index is 0.0755. The highest BCUT2D eigenvalue weighted by atomic mass is 16.6. The molecule has 0 aliphatic carbocycles. The molecule has 0 aliphatic rings. The first-order valence-corrected chi connectivity index (χ1v) is 8.70. The Morgan fingerprint density at radius 1 is 1.16 bits per heavy atom. The van der Waals surface area contributed by atoms with E-state index in [-0.39, 0.29) is 12.5 Å². The number of rotatable bonds is 9. The summed E-state index contributed by atoms with van der Waals surface area (Å²) < 4.78 is 10.8. The smallest absolute Gasteiger partial charge is 0.408 e. The van der Waals surface area contributed by atoms with Gasteiger partial charge in [-0.05, 0) is 32.8 Å². The molecule has 0 fully saturated rings. The fourth-order valence-corrected chi connectivity index (χ4v) is 2.01. The Balaban J connectivity index is 2.56. The summed E-state index contributed by atoms with van der Waals surface area (Å²) in [5, 5.41) is 5.40. The summed E-state index contributed by atoms with van der Waals surface area (Å²) in [5.41, 5.74) is 0.378. The van der Waals surface area contributed by atoms with Crippen molar-refractivity contribution in [3.63, 3.8) is 0 Å². The molecule has 2 N–H and O–H groups in total. The summed E-state index contributed by atoms with van der Waals surface area (Å²) in [5.74, 6) is -0.271. The van der Waals surface area contributed by atoms with Crippen LogP contribution in [0.3, 0.4) is 0 Å². The van der Waals surface area contributed by atoms with Gasteiger partial charge in [-0.3, -0.25) is 4.79 Å². The summed E-state index contributed by atoms with van der Waals surface area (Å²) in [6, 6.07) is 8.86. The summed E-state index contributed by atoms with van der Waals surface area (Å²) in [6.07, 6.45) is 1.23. The van der Waals surface area contributed by atoms with Gasteiger partial charge in [0, 0.05) is 6.54 Å². The maximum atomic E-state index is 12.3. The molecule has 6 nitrogen and oxygen atoms in total. The maximum absolute atomic E-state index is 12.3. The van der Waals surface area contributed by atoms with Crippen LogP contribution in [0.25, 0.3) is 0 Å². The van der Waals surface area contributed by atoms with Crippen molar-refractivity contribution >= 4 is 12.0 Å². The third-order valence-corrected chi connectivity index (χ3v) is 3.23. The van der Waals surface area contributed by atoms with E-state index >= 15 is 0 Å². The largest absolute Gasteiger partial charge is 0.444 e. The quantitative estimate of drug-likeness (QED) is 0.671. The van der Waals surface area contributed by atoms with Crippen LogP contribution in [-0.2, 0) is 20.9 Å². The lowest BCUT2D eigenvalue weighted by Crippen LogP contribution is -2.50. The van der Waals surface area contributed by atoms with Crippen LogP contribution in [0.2, 0.25) is 0 Å². The number of alkyl carbamates (subject to hydrolysis) is 1. The number of ether oxygens (including phenoxy) is 2. The van der Waals surface area contributed by atoms with E-state index in [4.69, 9.17) is 9.47 Å². The predicted octanol–water partition coefficient (Wildman–Crippen LogP) is 3.01. The standard InChI is InChI=1S/C19H30N2O4/c1-5-6-12-20-17(22)16(21-18(23)25-19(2,3)4)14-24-13-15-10-8-7-9-11-15/h7-11,16H,5-6,12-14H2,1-4H3,(H,20,22)(H,21,23)/t16-/m1/s1. The normalized spacial score (nSPS) is 12.3. The Bertz CT molecular complexity index is 526. The van der Waals surface area contributed by atoms with Crippen molar-refractivity contribution in [2.24, 2.45) is 0 Å². The Kier molecular flexibility index (Phi) is 8.99. The van der Waals surface area contributed by atoms with Gasteiger partial charge in [0.15, 0.2) is 0 Å². The zero-order valence-electron chi connectivity index (χ0n) is 15.6. The van der Waals surface area contributed by atoms with Crippen molar-refractivity contribution in [2.75, 3.05) is 13.2 Å². The average Bonchev–Trinajstić information content (AvgIpc) is 2.53. The van der Waals surface area contributed by atoms with Crippen molar-refractivity contribution in [1.82, 2.24) is 10.6 Å². The van der Waals surface area contributed by atoms with E-state index in [0.717, 1.165) is 18.4 Å². The average molecular weight is 350 g/mol. The van der Waals surface area contributed by atoms with E-state index in [9.17, 15) is 9.59 Å². The van der Waals surface area contributed by atoms with Crippen LogP contribution in [0, 0.1) is 0 Å². The zero-order chi connectivity index (χ0) is 18.7.